The van der Waals surface area contributed by atoms with Crippen LogP contribution in [0.2, 0.25) is 0 Å². The zero-order valence-electron chi connectivity index (χ0n) is 11.8. The first-order valence-electron chi connectivity index (χ1n) is 7.26. The van der Waals surface area contributed by atoms with Crippen molar-refractivity contribution in [1.82, 2.24) is 4.90 Å². The maximum atomic E-state index is 5.66. The van der Waals surface area contributed by atoms with E-state index in [0.717, 1.165) is 28.2 Å². The Hall–Kier alpha value is -0.940. The van der Waals surface area contributed by atoms with Crippen LogP contribution in [-0.2, 0) is 0 Å². The fourth-order valence-corrected chi connectivity index (χ4v) is 3.22. The highest BCUT2D eigenvalue weighted by Gasteiger charge is 2.18. The van der Waals surface area contributed by atoms with E-state index in [1.165, 1.54) is 25.8 Å². The second-order valence-corrected chi connectivity index (χ2v) is 6.41. The summed E-state index contributed by atoms with van der Waals surface area (Å²) in [6.07, 6.45) is 3.64. The van der Waals surface area contributed by atoms with Gasteiger partial charge in [0.15, 0.2) is 11.5 Å². The predicted molar refractivity (Wildman–Crippen MR) is 83.9 cm³/mol. The van der Waals surface area contributed by atoms with Crippen molar-refractivity contribution in [1.29, 1.82) is 0 Å². The molecule has 1 aromatic carbocycles. The van der Waals surface area contributed by atoms with E-state index in [1.807, 2.05) is 12.1 Å². The number of nitrogens with one attached hydrogen (secondary N) is 1. The summed E-state index contributed by atoms with van der Waals surface area (Å²) < 4.78 is 12.3. The fourth-order valence-electron chi connectivity index (χ4n) is 2.78. The molecule has 20 heavy (non-hydrogen) atoms. The van der Waals surface area contributed by atoms with E-state index < -0.39 is 0 Å². The van der Waals surface area contributed by atoms with Gasteiger partial charge in [-0.15, -0.1) is 0 Å². The first-order chi connectivity index (χ1) is 9.72. The minimum absolute atomic E-state index is 0.527. The number of ether oxygens (including phenoxy) is 2. The second-order valence-electron chi connectivity index (χ2n) is 5.55. The van der Waals surface area contributed by atoms with Crippen LogP contribution in [0.5, 0.6) is 11.5 Å². The van der Waals surface area contributed by atoms with Gasteiger partial charge in [0, 0.05) is 22.6 Å². The number of rotatable bonds is 2. The van der Waals surface area contributed by atoms with Gasteiger partial charge in [0.25, 0.3) is 0 Å². The molecule has 1 saturated heterocycles. The van der Waals surface area contributed by atoms with Crippen molar-refractivity contribution in [2.75, 3.05) is 38.7 Å². The standard InChI is InChI=1S/C15H21BrN2O2/c1-18-5-2-3-11(4-6-18)17-13-10-15-14(9-12(13)16)19-7-8-20-15/h9-11,17H,2-8H2,1H3. The summed E-state index contributed by atoms with van der Waals surface area (Å²) in [6.45, 7) is 3.60. The maximum Gasteiger partial charge on any atom is 0.163 e. The van der Waals surface area contributed by atoms with Crippen LogP contribution >= 0.6 is 15.9 Å². The van der Waals surface area contributed by atoms with E-state index in [2.05, 4.69) is 33.2 Å². The SMILES string of the molecule is CN1CCCC(Nc2cc3c(cc2Br)OCCO3)CC1. The van der Waals surface area contributed by atoms with Gasteiger partial charge in [0.1, 0.15) is 13.2 Å². The van der Waals surface area contributed by atoms with Gasteiger partial charge in [0.2, 0.25) is 0 Å². The monoisotopic (exact) mass is 340 g/mol. The molecule has 0 radical (unpaired) electrons. The van der Waals surface area contributed by atoms with Crippen molar-refractivity contribution in [3.8, 4) is 11.5 Å². The topological polar surface area (TPSA) is 33.7 Å². The molecule has 2 heterocycles. The minimum atomic E-state index is 0.527. The summed E-state index contributed by atoms with van der Waals surface area (Å²) in [5, 5.41) is 3.65. The second kappa shape index (κ2) is 6.22. The molecular formula is C15H21BrN2O2. The molecule has 1 fully saturated rings. The lowest BCUT2D eigenvalue weighted by atomic mass is 10.1. The summed E-state index contributed by atoms with van der Waals surface area (Å²) in [7, 11) is 2.20. The average molecular weight is 341 g/mol. The van der Waals surface area contributed by atoms with E-state index >= 15 is 0 Å². The molecule has 4 nitrogen and oxygen atoms in total. The molecule has 1 N–H and O–H groups in total. The van der Waals surface area contributed by atoms with Crippen LogP contribution in [0.1, 0.15) is 19.3 Å². The smallest absolute Gasteiger partial charge is 0.163 e. The van der Waals surface area contributed by atoms with Gasteiger partial charge in [-0.2, -0.15) is 0 Å². The van der Waals surface area contributed by atoms with Crippen molar-refractivity contribution in [3.63, 3.8) is 0 Å². The van der Waals surface area contributed by atoms with Gasteiger partial charge in [0.05, 0.1) is 5.69 Å². The van der Waals surface area contributed by atoms with Crippen molar-refractivity contribution in [3.05, 3.63) is 16.6 Å². The molecule has 0 aromatic heterocycles. The molecule has 110 valence electrons. The van der Waals surface area contributed by atoms with E-state index in [-0.39, 0.29) is 0 Å². The first kappa shape index (κ1) is 14.0. The molecule has 1 unspecified atom stereocenters. The van der Waals surface area contributed by atoms with E-state index in [4.69, 9.17) is 9.47 Å². The van der Waals surface area contributed by atoms with Crippen molar-refractivity contribution in [2.45, 2.75) is 25.3 Å². The quantitative estimate of drug-likeness (QED) is 0.896. The molecule has 0 spiro atoms. The number of hydrogen-bond acceptors (Lipinski definition) is 4. The highest BCUT2D eigenvalue weighted by molar-refractivity contribution is 9.10. The van der Waals surface area contributed by atoms with E-state index in [9.17, 15) is 0 Å². The highest BCUT2D eigenvalue weighted by atomic mass is 79.9. The Kier molecular flexibility index (Phi) is 4.36. The van der Waals surface area contributed by atoms with Gasteiger partial charge < -0.3 is 19.7 Å². The molecule has 2 aliphatic rings. The number of likely N-dealkylation sites (tertiary alicyclic amines) is 1. The van der Waals surface area contributed by atoms with Crippen LogP contribution in [0.15, 0.2) is 16.6 Å². The van der Waals surface area contributed by atoms with Gasteiger partial charge in [-0.25, -0.2) is 0 Å². The van der Waals surface area contributed by atoms with Crippen LogP contribution in [0.3, 0.4) is 0 Å². The van der Waals surface area contributed by atoms with Gasteiger partial charge in [-0.1, -0.05) is 0 Å². The zero-order valence-corrected chi connectivity index (χ0v) is 13.4. The third kappa shape index (κ3) is 3.20. The number of halogens is 1. The summed E-state index contributed by atoms with van der Waals surface area (Å²) in [5.41, 5.74) is 1.10. The van der Waals surface area contributed by atoms with Crippen molar-refractivity contribution in [2.24, 2.45) is 0 Å². The van der Waals surface area contributed by atoms with E-state index in [1.54, 1.807) is 0 Å². The molecule has 0 aliphatic carbocycles. The summed E-state index contributed by atoms with van der Waals surface area (Å²) in [5.74, 6) is 1.67. The van der Waals surface area contributed by atoms with Crippen molar-refractivity contribution >= 4 is 21.6 Å². The number of anilines is 1. The van der Waals surface area contributed by atoms with Crippen LogP contribution in [0, 0.1) is 0 Å². The first-order valence-corrected chi connectivity index (χ1v) is 8.06. The fraction of sp³-hybridized carbons (Fsp3) is 0.600. The number of hydrogen-bond donors (Lipinski definition) is 1. The molecule has 1 aromatic rings. The van der Waals surface area contributed by atoms with Gasteiger partial charge >= 0.3 is 0 Å². The Bertz CT molecular complexity index is 481. The van der Waals surface area contributed by atoms with Crippen LogP contribution in [0.25, 0.3) is 0 Å². The lowest BCUT2D eigenvalue weighted by molar-refractivity contribution is 0.171. The molecule has 2 aliphatic heterocycles. The summed E-state index contributed by atoms with van der Waals surface area (Å²) in [6, 6.07) is 4.58. The Balaban J connectivity index is 1.73. The normalized spacial score (nSPS) is 23.2. The van der Waals surface area contributed by atoms with Crippen LogP contribution in [0.4, 0.5) is 5.69 Å². The van der Waals surface area contributed by atoms with Gasteiger partial charge in [-0.3, -0.25) is 0 Å². The van der Waals surface area contributed by atoms with Crippen LogP contribution in [-0.4, -0.2) is 44.3 Å². The largest absolute Gasteiger partial charge is 0.486 e. The highest BCUT2D eigenvalue weighted by Crippen LogP contribution is 2.38. The van der Waals surface area contributed by atoms with Crippen LogP contribution < -0.4 is 14.8 Å². The zero-order chi connectivity index (χ0) is 13.9. The maximum absolute atomic E-state index is 5.66. The molecule has 1 atom stereocenters. The predicted octanol–water partition coefficient (Wildman–Crippen LogP) is 3.12. The van der Waals surface area contributed by atoms with Crippen molar-refractivity contribution < 1.29 is 9.47 Å². The number of fused-ring (bicyclic) bond motifs is 1. The van der Waals surface area contributed by atoms with Gasteiger partial charge in [-0.05, 0) is 55.3 Å². The summed E-state index contributed by atoms with van der Waals surface area (Å²) >= 11 is 3.63. The Morgan fingerprint density at radius 3 is 2.70 bits per heavy atom. The molecule has 3 rings (SSSR count). The number of benzene rings is 1. The Labute approximate surface area is 128 Å². The Morgan fingerprint density at radius 2 is 1.90 bits per heavy atom. The Morgan fingerprint density at radius 1 is 1.15 bits per heavy atom. The number of nitrogens with zero attached hydrogens (tertiary/aromatic N) is 1. The molecule has 0 bridgehead atoms. The lowest BCUT2D eigenvalue weighted by Gasteiger charge is -2.23. The molecule has 0 amide bonds. The third-order valence-corrected chi connectivity index (χ3v) is 4.60. The summed E-state index contributed by atoms with van der Waals surface area (Å²) in [4.78, 5) is 2.40. The third-order valence-electron chi connectivity index (χ3n) is 3.94. The minimum Gasteiger partial charge on any atom is -0.486 e. The molecule has 5 heteroatoms. The average Bonchev–Trinajstić information content (AvgIpc) is 2.65. The lowest BCUT2D eigenvalue weighted by Crippen LogP contribution is -2.23. The van der Waals surface area contributed by atoms with E-state index in [0.29, 0.717) is 19.3 Å². The molecule has 0 saturated carbocycles. The molecular weight excluding hydrogens is 320 g/mol.